The van der Waals surface area contributed by atoms with Crippen molar-refractivity contribution in [2.24, 2.45) is 11.3 Å². The van der Waals surface area contributed by atoms with Gasteiger partial charge in [0.05, 0.1) is 5.25 Å². The number of nitrogens with zero attached hydrogens (tertiary/aromatic N) is 1. The fourth-order valence-electron chi connectivity index (χ4n) is 4.14. The van der Waals surface area contributed by atoms with Crippen LogP contribution in [-0.4, -0.2) is 43.6 Å². The van der Waals surface area contributed by atoms with Crippen LogP contribution in [0.15, 0.2) is 0 Å². The highest BCUT2D eigenvalue weighted by Gasteiger charge is 2.39. The smallest absolute Gasteiger partial charge is 0.222 e. The molecule has 0 aromatic heterocycles. The van der Waals surface area contributed by atoms with Crippen LogP contribution in [-0.2, 0) is 14.8 Å². The van der Waals surface area contributed by atoms with Crippen molar-refractivity contribution in [3.05, 3.63) is 0 Å². The van der Waals surface area contributed by atoms with E-state index in [-0.39, 0.29) is 11.9 Å². The van der Waals surface area contributed by atoms with Gasteiger partial charge in [-0.1, -0.05) is 20.3 Å². The van der Waals surface area contributed by atoms with E-state index in [4.69, 9.17) is 0 Å². The zero-order valence-corrected chi connectivity index (χ0v) is 15.2. The number of hydrogen-bond acceptors (Lipinski definition) is 3. The van der Waals surface area contributed by atoms with Crippen molar-refractivity contribution in [2.45, 2.75) is 76.5 Å². The molecule has 5 nitrogen and oxygen atoms in total. The molecule has 1 aliphatic heterocycles. The van der Waals surface area contributed by atoms with Gasteiger partial charge in [-0.25, -0.2) is 13.1 Å². The molecule has 0 bridgehead atoms. The fourth-order valence-corrected chi connectivity index (χ4v) is 5.83. The third-order valence-corrected chi connectivity index (χ3v) is 7.54. The first-order chi connectivity index (χ1) is 10.8. The molecule has 3 rings (SSSR count). The summed E-state index contributed by atoms with van der Waals surface area (Å²) in [4.78, 5) is 14.3. The number of likely N-dealkylation sites (tertiary alicyclic amines) is 1. The van der Waals surface area contributed by atoms with Crippen LogP contribution in [0.4, 0.5) is 0 Å². The quantitative estimate of drug-likeness (QED) is 0.833. The van der Waals surface area contributed by atoms with Crippen LogP contribution < -0.4 is 4.72 Å². The number of nitrogens with one attached hydrogen (secondary N) is 1. The van der Waals surface area contributed by atoms with Gasteiger partial charge >= 0.3 is 0 Å². The van der Waals surface area contributed by atoms with Crippen LogP contribution in [0.3, 0.4) is 0 Å². The van der Waals surface area contributed by atoms with Gasteiger partial charge in [0.15, 0.2) is 0 Å². The Morgan fingerprint density at radius 1 is 1.22 bits per heavy atom. The van der Waals surface area contributed by atoms with E-state index in [1.807, 2.05) is 0 Å². The molecule has 0 aromatic carbocycles. The Labute approximate surface area is 140 Å². The van der Waals surface area contributed by atoms with Crippen molar-refractivity contribution >= 4 is 15.9 Å². The molecule has 2 aliphatic carbocycles. The van der Waals surface area contributed by atoms with Gasteiger partial charge in [0, 0.05) is 25.6 Å². The second-order valence-corrected chi connectivity index (χ2v) is 10.5. The van der Waals surface area contributed by atoms with Crippen molar-refractivity contribution in [1.82, 2.24) is 9.62 Å². The lowest BCUT2D eigenvalue weighted by molar-refractivity contribution is -0.131. The molecule has 1 heterocycles. The molecule has 0 unspecified atom stereocenters. The first kappa shape index (κ1) is 17.2. The summed E-state index contributed by atoms with van der Waals surface area (Å²) in [6.07, 6.45) is 7.75. The number of carbonyl (C=O) groups excluding carboxylic acids is 1. The van der Waals surface area contributed by atoms with Crippen LogP contribution in [0, 0.1) is 11.3 Å². The molecule has 3 fully saturated rings. The van der Waals surface area contributed by atoms with Gasteiger partial charge in [-0.3, -0.25) is 4.79 Å². The van der Waals surface area contributed by atoms with Crippen LogP contribution in [0.1, 0.15) is 65.2 Å². The molecule has 2 saturated carbocycles. The summed E-state index contributed by atoms with van der Waals surface area (Å²) in [6, 6.07) is 0.147. The molecule has 6 heteroatoms. The van der Waals surface area contributed by atoms with Crippen LogP contribution >= 0.6 is 0 Å². The van der Waals surface area contributed by atoms with Crippen LogP contribution in [0.25, 0.3) is 0 Å². The van der Waals surface area contributed by atoms with E-state index >= 15 is 0 Å². The molecule has 3 aliphatic rings. The van der Waals surface area contributed by atoms with E-state index in [1.165, 1.54) is 12.8 Å². The van der Waals surface area contributed by atoms with E-state index in [0.717, 1.165) is 25.7 Å². The maximum Gasteiger partial charge on any atom is 0.222 e. The number of sulfonamides is 1. The summed E-state index contributed by atoms with van der Waals surface area (Å²) >= 11 is 0. The molecular weight excluding hydrogens is 312 g/mol. The standard InChI is InChI=1S/C17H30N2O3S/c1-17(2)8-3-4-13(11-17)10-16(20)19-9-7-15(12-19)23(21,22)18-14-5-6-14/h13-15,18H,3-12H2,1-2H3/t13-,15+/m1/s1. The van der Waals surface area contributed by atoms with Crippen molar-refractivity contribution < 1.29 is 13.2 Å². The predicted molar refractivity (Wildman–Crippen MR) is 90.4 cm³/mol. The molecule has 0 spiro atoms. The summed E-state index contributed by atoms with van der Waals surface area (Å²) in [5.74, 6) is 0.614. The first-order valence-electron chi connectivity index (χ1n) is 9.04. The highest BCUT2D eigenvalue weighted by molar-refractivity contribution is 7.90. The lowest BCUT2D eigenvalue weighted by atomic mass is 9.71. The van der Waals surface area contributed by atoms with Gasteiger partial charge in [0.2, 0.25) is 15.9 Å². The second-order valence-electron chi connectivity index (χ2n) is 8.52. The summed E-state index contributed by atoms with van der Waals surface area (Å²) in [5.41, 5.74) is 0.342. The minimum Gasteiger partial charge on any atom is -0.341 e. The molecule has 2 atom stereocenters. The molecule has 0 aromatic rings. The number of amides is 1. The lowest BCUT2D eigenvalue weighted by Gasteiger charge is -2.35. The molecule has 1 amide bonds. The number of rotatable bonds is 5. The Balaban J connectivity index is 1.51. The van der Waals surface area contributed by atoms with E-state index in [1.54, 1.807) is 4.90 Å². The summed E-state index contributed by atoms with van der Waals surface area (Å²) in [7, 11) is -3.26. The average molecular weight is 343 g/mol. The first-order valence-corrected chi connectivity index (χ1v) is 10.6. The zero-order chi connectivity index (χ0) is 16.7. The monoisotopic (exact) mass is 342 g/mol. The molecule has 132 valence electrons. The minimum absolute atomic E-state index is 0.147. The average Bonchev–Trinajstić information content (AvgIpc) is 3.08. The Morgan fingerprint density at radius 3 is 2.61 bits per heavy atom. The highest BCUT2D eigenvalue weighted by atomic mass is 32.2. The Bertz CT molecular complexity index is 554. The van der Waals surface area contributed by atoms with E-state index < -0.39 is 15.3 Å². The van der Waals surface area contributed by atoms with Gasteiger partial charge in [0.1, 0.15) is 0 Å². The Morgan fingerprint density at radius 2 is 1.96 bits per heavy atom. The lowest BCUT2D eigenvalue weighted by Crippen LogP contribution is -2.39. The maximum absolute atomic E-state index is 12.5. The normalized spacial score (nSPS) is 31.3. The molecule has 1 N–H and O–H groups in total. The third-order valence-electron chi connectivity index (χ3n) is 5.62. The Kier molecular flexibility index (Phi) is 4.76. The summed E-state index contributed by atoms with van der Waals surface area (Å²) in [5, 5.41) is -0.421. The summed E-state index contributed by atoms with van der Waals surface area (Å²) < 4.78 is 27.3. The number of hydrogen-bond donors (Lipinski definition) is 1. The SMILES string of the molecule is CC1(C)CCC[C@H](CC(=O)N2CC[C@H](S(=O)(=O)NC3CC3)C2)C1. The zero-order valence-electron chi connectivity index (χ0n) is 14.4. The van der Waals surface area contributed by atoms with Gasteiger partial charge < -0.3 is 4.90 Å². The minimum atomic E-state index is -3.26. The van der Waals surface area contributed by atoms with E-state index in [2.05, 4.69) is 18.6 Å². The second kappa shape index (κ2) is 6.36. The van der Waals surface area contributed by atoms with Crippen LogP contribution in [0.5, 0.6) is 0 Å². The van der Waals surface area contributed by atoms with Crippen molar-refractivity contribution in [1.29, 1.82) is 0 Å². The molecule has 1 saturated heterocycles. The molecular formula is C17H30N2O3S. The van der Waals surface area contributed by atoms with Crippen molar-refractivity contribution in [3.63, 3.8) is 0 Å². The molecule has 0 radical (unpaired) electrons. The van der Waals surface area contributed by atoms with Gasteiger partial charge in [-0.15, -0.1) is 0 Å². The predicted octanol–water partition coefficient (Wildman–Crippen LogP) is 2.28. The topological polar surface area (TPSA) is 66.5 Å². The fraction of sp³-hybridized carbons (Fsp3) is 0.941. The van der Waals surface area contributed by atoms with Gasteiger partial charge in [-0.2, -0.15) is 0 Å². The van der Waals surface area contributed by atoms with Crippen molar-refractivity contribution in [2.75, 3.05) is 13.1 Å². The van der Waals surface area contributed by atoms with Crippen molar-refractivity contribution in [3.8, 4) is 0 Å². The summed E-state index contributed by atoms with van der Waals surface area (Å²) in [6.45, 7) is 5.53. The Hall–Kier alpha value is -0.620. The van der Waals surface area contributed by atoms with E-state index in [9.17, 15) is 13.2 Å². The maximum atomic E-state index is 12.5. The highest BCUT2D eigenvalue weighted by Crippen LogP contribution is 2.40. The van der Waals surface area contributed by atoms with E-state index in [0.29, 0.717) is 37.3 Å². The van der Waals surface area contributed by atoms with Crippen LogP contribution in [0.2, 0.25) is 0 Å². The van der Waals surface area contributed by atoms with Gasteiger partial charge in [-0.05, 0) is 49.9 Å². The van der Waals surface area contributed by atoms with Gasteiger partial charge in [0.25, 0.3) is 0 Å². The molecule has 23 heavy (non-hydrogen) atoms. The largest absolute Gasteiger partial charge is 0.341 e. The number of carbonyl (C=O) groups is 1. The third kappa shape index (κ3) is 4.47.